The fraction of sp³-hybridized carbons (Fsp3) is 0.833. The lowest BCUT2D eigenvalue weighted by Gasteiger charge is -2.30. The van der Waals surface area contributed by atoms with Gasteiger partial charge in [0.05, 0.1) is 5.41 Å². The van der Waals surface area contributed by atoms with Crippen LogP contribution in [-0.4, -0.2) is 40.0 Å². The molecule has 5 nitrogen and oxygen atoms in total. The van der Waals surface area contributed by atoms with E-state index in [2.05, 4.69) is 0 Å². The number of rotatable bonds is 3. The topological polar surface area (TPSA) is 83.6 Å². The highest BCUT2D eigenvalue weighted by atomic mass is 16.4. The number of aliphatic carboxylic acids is 1. The van der Waals surface area contributed by atoms with Gasteiger partial charge in [-0.25, -0.2) is 4.79 Å². The molecule has 1 heterocycles. The molecule has 3 aliphatic rings. The molecule has 3 N–H and O–H groups in total. The van der Waals surface area contributed by atoms with Gasteiger partial charge in [-0.15, -0.1) is 0 Å². The second kappa shape index (κ2) is 3.22. The van der Waals surface area contributed by atoms with Gasteiger partial charge in [-0.2, -0.15) is 0 Å². The summed E-state index contributed by atoms with van der Waals surface area (Å²) >= 11 is 0. The highest BCUT2D eigenvalue weighted by Crippen LogP contribution is 2.63. The molecule has 3 fully saturated rings. The van der Waals surface area contributed by atoms with E-state index in [0.717, 1.165) is 32.1 Å². The van der Waals surface area contributed by atoms with Gasteiger partial charge in [-0.3, -0.25) is 4.79 Å². The van der Waals surface area contributed by atoms with Crippen molar-refractivity contribution in [3.63, 3.8) is 0 Å². The van der Waals surface area contributed by atoms with Crippen LogP contribution in [0.3, 0.4) is 0 Å². The Balaban J connectivity index is 1.81. The number of nitrogens with two attached hydrogens (primary N) is 1. The van der Waals surface area contributed by atoms with E-state index in [9.17, 15) is 9.59 Å². The van der Waals surface area contributed by atoms with Crippen LogP contribution in [0.5, 0.6) is 0 Å². The summed E-state index contributed by atoms with van der Waals surface area (Å²) in [5, 5.41) is 9.11. The van der Waals surface area contributed by atoms with Crippen molar-refractivity contribution >= 4 is 11.9 Å². The quantitative estimate of drug-likeness (QED) is 0.742. The molecule has 1 atom stereocenters. The first-order chi connectivity index (χ1) is 8.00. The van der Waals surface area contributed by atoms with Gasteiger partial charge in [0.1, 0.15) is 6.04 Å². The molecule has 0 aromatic heterocycles. The molecule has 1 unspecified atom stereocenters. The predicted octanol–water partition coefficient (Wildman–Crippen LogP) is 0.333. The normalized spacial score (nSPS) is 32.3. The van der Waals surface area contributed by atoms with Gasteiger partial charge in [0.25, 0.3) is 0 Å². The van der Waals surface area contributed by atoms with Gasteiger partial charge in [-0.05, 0) is 38.5 Å². The van der Waals surface area contributed by atoms with Crippen LogP contribution in [0.2, 0.25) is 0 Å². The van der Waals surface area contributed by atoms with Crippen molar-refractivity contribution in [2.24, 2.45) is 11.1 Å². The summed E-state index contributed by atoms with van der Waals surface area (Å²) in [5.74, 6) is -0.879. The molecule has 1 aliphatic heterocycles. The molecule has 1 saturated heterocycles. The molecule has 0 aromatic carbocycles. The molecule has 2 saturated carbocycles. The van der Waals surface area contributed by atoms with Gasteiger partial charge in [0.15, 0.2) is 0 Å². The average Bonchev–Trinajstić information content (AvgIpc) is 3.17. The Labute approximate surface area is 100.0 Å². The minimum Gasteiger partial charge on any atom is -0.480 e. The Hall–Kier alpha value is -1.10. The van der Waals surface area contributed by atoms with Crippen molar-refractivity contribution in [2.75, 3.05) is 6.54 Å². The van der Waals surface area contributed by atoms with Crippen LogP contribution in [0.1, 0.15) is 38.5 Å². The minimum absolute atomic E-state index is 0.00222. The van der Waals surface area contributed by atoms with Crippen molar-refractivity contribution in [1.29, 1.82) is 0 Å². The monoisotopic (exact) mass is 238 g/mol. The van der Waals surface area contributed by atoms with Crippen LogP contribution in [0.15, 0.2) is 0 Å². The first-order valence-electron chi connectivity index (χ1n) is 6.33. The second-order valence-corrected chi connectivity index (χ2v) is 5.73. The van der Waals surface area contributed by atoms with E-state index in [1.165, 1.54) is 0 Å². The molecule has 5 heteroatoms. The smallest absolute Gasteiger partial charge is 0.326 e. The van der Waals surface area contributed by atoms with E-state index in [-0.39, 0.29) is 11.4 Å². The maximum Gasteiger partial charge on any atom is 0.326 e. The Kier molecular flexibility index (Phi) is 2.09. The van der Waals surface area contributed by atoms with Gasteiger partial charge in [-0.1, -0.05) is 0 Å². The number of hydrogen-bond donors (Lipinski definition) is 2. The highest BCUT2D eigenvalue weighted by Gasteiger charge is 2.69. The number of carbonyl (C=O) groups is 2. The summed E-state index contributed by atoms with van der Waals surface area (Å²) in [5.41, 5.74) is 5.45. The molecule has 1 amide bonds. The highest BCUT2D eigenvalue weighted by molar-refractivity contribution is 5.91. The number of hydrogen-bond acceptors (Lipinski definition) is 3. The molecule has 94 valence electrons. The second-order valence-electron chi connectivity index (χ2n) is 5.73. The molecule has 0 spiro atoms. The van der Waals surface area contributed by atoms with E-state index in [4.69, 9.17) is 10.8 Å². The average molecular weight is 238 g/mol. The number of nitrogens with zero attached hydrogens (tertiary/aromatic N) is 1. The van der Waals surface area contributed by atoms with E-state index in [1.807, 2.05) is 0 Å². The van der Waals surface area contributed by atoms with Crippen molar-refractivity contribution in [3.05, 3.63) is 0 Å². The molecule has 0 bridgehead atoms. The van der Waals surface area contributed by atoms with E-state index in [1.54, 1.807) is 4.90 Å². The summed E-state index contributed by atoms with van der Waals surface area (Å²) in [6, 6.07) is -0.623. The van der Waals surface area contributed by atoms with Crippen LogP contribution >= 0.6 is 0 Å². The number of likely N-dealkylation sites (tertiary alicyclic amines) is 1. The Morgan fingerprint density at radius 2 is 1.88 bits per heavy atom. The zero-order valence-electron chi connectivity index (χ0n) is 9.82. The first-order valence-corrected chi connectivity index (χ1v) is 6.33. The molecular formula is C12H18N2O3. The number of carboxylic acid groups (broad SMARTS) is 1. The third-order valence-corrected chi connectivity index (χ3v) is 4.70. The van der Waals surface area contributed by atoms with Gasteiger partial charge < -0.3 is 15.7 Å². The fourth-order valence-electron chi connectivity index (χ4n) is 3.20. The fourth-order valence-corrected chi connectivity index (χ4v) is 3.20. The summed E-state index contributed by atoms with van der Waals surface area (Å²) in [6.07, 6.45) is 4.86. The van der Waals surface area contributed by atoms with E-state index >= 15 is 0 Å². The summed E-state index contributed by atoms with van der Waals surface area (Å²) in [6.45, 7) is 0.577. The van der Waals surface area contributed by atoms with Crippen molar-refractivity contribution < 1.29 is 14.7 Å². The van der Waals surface area contributed by atoms with Crippen molar-refractivity contribution in [1.82, 2.24) is 4.90 Å². The van der Waals surface area contributed by atoms with E-state index in [0.29, 0.717) is 13.0 Å². The van der Waals surface area contributed by atoms with Crippen LogP contribution in [0, 0.1) is 5.41 Å². The largest absolute Gasteiger partial charge is 0.480 e. The Bertz CT molecular complexity index is 385. The predicted molar refractivity (Wildman–Crippen MR) is 60.2 cm³/mol. The maximum absolute atomic E-state index is 12.5. The molecule has 3 rings (SSSR count). The van der Waals surface area contributed by atoms with Crippen LogP contribution in [0.4, 0.5) is 0 Å². The summed E-state index contributed by atoms with van der Waals surface area (Å²) < 4.78 is 0. The summed E-state index contributed by atoms with van der Waals surface area (Å²) in [7, 11) is 0. The third kappa shape index (κ3) is 1.41. The van der Waals surface area contributed by atoms with Crippen LogP contribution in [-0.2, 0) is 9.59 Å². The zero-order chi connectivity index (χ0) is 12.3. The molecule has 0 aromatic rings. The lowest BCUT2D eigenvalue weighted by Crippen LogP contribution is -2.50. The minimum atomic E-state index is -0.881. The molecular weight excluding hydrogens is 220 g/mol. The number of carboxylic acids is 1. The van der Waals surface area contributed by atoms with Crippen molar-refractivity contribution in [2.45, 2.75) is 50.1 Å². The number of amides is 1. The van der Waals surface area contributed by atoms with Gasteiger partial charge in [0, 0.05) is 12.1 Å². The van der Waals surface area contributed by atoms with Crippen LogP contribution in [0.25, 0.3) is 0 Å². The molecule has 17 heavy (non-hydrogen) atoms. The van der Waals surface area contributed by atoms with Gasteiger partial charge >= 0.3 is 5.97 Å². The Morgan fingerprint density at radius 1 is 1.24 bits per heavy atom. The van der Waals surface area contributed by atoms with E-state index < -0.39 is 17.4 Å². The van der Waals surface area contributed by atoms with Crippen LogP contribution < -0.4 is 5.73 Å². The molecule has 0 radical (unpaired) electrons. The maximum atomic E-state index is 12.5. The number of carbonyl (C=O) groups excluding carboxylic acids is 1. The SMILES string of the molecule is NC1(C2(C(=O)N3CCCC3C(=O)O)CC2)CC1. The van der Waals surface area contributed by atoms with Crippen molar-refractivity contribution in [3.8, 4) is 0 Å². The zero-order valence-corrected chi connectivity index (χ0v) is 9.82. The van der Waals surface area contributed by atoms with Gasteiger partial charge in [0.2, 0.25) is 5.91 Å². The lowest BCUT2D eigenvalue weighted by atomic mass is 9.92. The lowest BCUT2D eigenvalue weighted by molar-refractivity contribution is -0.151. The molecule has 2 aliphatic carbocycles. The first kappa shape index (κ1) is 11.0. The third-order valence-electron chi connectivity index (χ3n) is 4.70. The standard InChI is InChI=1S/C12H18N2O3/c13-12(5-6-12)11(3-4-11)10(17)14-7-1-2-8(14)9(15)16/h8H,1-7,13H2,(H,15,16). The summed E-state index contributed by atoms with van der Waals surface area (Å²) in [4.78, 5) is 25.2. The Morgan fingerprint density at radius 3 is 2.35 bits per heavy atom.